The van der Waals surface area contributed by atoms with Crippen molar-refractivity contribution in [3.8, 4) is 0 Å². The second-order valence-electron chi connectivity index (χ2n) is 6.24. The van der Waals surface area contributed by atoms with Crippen LogP contribution in [0.25, 0.3) is 0 Å². The third-order valence-electron chi connectivity index (χ3n) is 4.03. The normalized spacial score (nSPS) is 11.2. The number of carbonyl (C=O) groups is 4. The molecule has 0 aliphatic carbocycles. The summed E-state index contributed by atoms with van der Waals surface area (Å²) in [5, 5.41) is 18.3. The molecule has 9 nitrogen and oxygen atoms in total. The molecule has 0 heterocycles. The molecule has 0 saturated heterocycles. The number of hydrogen-bond acceptors (Lipinski definition) is 6. The second kappa shape index (κ2) is 11.2. The third-order valence-corrected chi connectivity index (χ3v) is 4.03. The molecule has 0 spiro atoms. The third kappa shape index (κ3) is 6.93. The van der Waals surface area contributed by atoms with Crippen LogP contribution in [-0.4, -0.2) is 45.3 Å². The fraction of sp³-hybridized carbons (Fsp3) is 0.238. The Bertz CT molecular complexity index is 814. The lowest BCUT2D eigenvalue weighted by Crippen LogP contribution is -2.49. The van der Waals surface area contributed by atoms with Crippen molar-refractivity contribution in [1.82, 2.24) is 4.90 Å². The predicted octanol–water partition coefficient (Wildman–Crippen LogP) is 3.28. The van der Waals surface area contributed by atoms with E-state index in [0.717, 1.165) is 0 Å². The molecule has 2 aromatic rings. The fourth-order valence-electron chi connectivity index (χ4n) is 2.53. The summed E-state index contributed by atoms with van der Waals surface area (Å²) < 4.78 is 10.2. The van der Waals surface area contributed by atoms with Crippen molar-refractivity contribution in [3.05, 3.63) is 71.8 Å². The molecule has 2 aromatic carbocycles. The highest BCUT2D eigenvalue weighted by atomic mass is 16.6. The van der Waals surface area contributed by atoms with E-state index in [1.807, 2.05) is 0 Å². The average molecular weight is 415 g/mol. The van der Waals surface area contributed by atoms with E-state index in [-0.39, 0.29) is 13.2 Å². The van der Waals surface area contributed by atoms with Gasteiger partial charge in [0, 0.05) is 6.42 Å². The molecule has 30 heavy (non-hydrogen) atoms. The van der Waals surface area contributed by atoms with Crippen molar-refractivity contribution < 1.29 is 38.9 Å². The van der Waals surface area contributed by atoms with Gasteiger partial charge in [-0.3, -0.25) is 4.79 Å². The molecular formula is C21H21NO8. The van der Waals surface area contributed by atoms with E-state index in [0.29, 0.717) is 16.0 Å². The molecule has 0 bridgehead atoms. The van der Waals surface area contributed by atoms with Crippen LogP contribution in [0.3, 0.4) is 0 Å². The highest BCUT2D eigenvalue weighted by molar-refractivity contribution is 5.93. The van der Waals surface area contributed by atoms with Crippen molar-refractivity contribution in [1.29, 1.82) is 0 Å². The van der Waals surface area contributed by atoms with Gasteiger partial charge in [-0.15, -0.1) is 0 Å². The molecule has 1 atom stereocenters. The van der Waals surface area contributed by atoms with Crippen LogP contribution >= 0.6 is 0 Å². The van der Waals surface area contributed by atoms with Gasteiger partial charge in [0.2, 0.25) is 0 Å². The molecule has 0 unspecified atom stereocenters. The molecular weight excluding hydrogens is 394 g/mol. The van der Waals surface area contributed by atoms with Gasteiger partial charge >= 0.3 is 24.1 Å². The van der Waals surface area contributed by atoms with E-state index in [2.05, 4.69) is 0 Å². The number of carbonyl (C=O) groups excluding carboxylic acids is 2. The Balaban J connectivity index is 2.15. The summed E-state index contributed by atoms with van der Waals surface area (Å²) in [6.45, 7) is -0.402. The second-order valence-corrected chi connectivity index (χ2v) is 6.24. The van der Waals surface area contributed by atoms with E-state index in [1.165, 1.54) is 0 Å². The molecule has 0 aliphatic rings. The maximum absolute atomic E-state index is 12.6. The average Bonchev–Trinajstić information content (AvgIpc) is 2.74. The van der Waals surface area contributed by atoms with E-state index < -0.39 is 43.0 Å². The quantitative estimate of drug-likeness (QED) is 0.638. The first kappa shape index (κ1) is 22.4. The molecule has 0 aromatic heterocycles. The van der Waals surface area contributed by atoms with Crippen LogP contribution < -0.4 is 0 Å². The summed E-state index contributed by atoms with van der Waals surface area (Å²) in [5.41, 5.74) is 1.25. The first-order valence-electron chi connectivity index (χ1n) is 9.03. The SMILES string of the molecule is O=C(O)CC[C@@H](C(=O)O)N(C(=O)OCc1ccccc1)C(=O)OCc1ccccc1. The van der Waals surface area contributed by atoms with E-state index in [9.17, 15) is 24.3 Å². The first-order chi connectivity index (χ1) is 14.4. The molecule has 2 amide bonds. The molecule has 0 fully saturated rings. The monoisotopic (exact) mass is 415 g/mol. The number of benzene rings is 2. The minimum Gasteiger partial charge on any atom is -0.481 e. The number of ether oxygens (including phenoxy) is 2. The maximum Gasteiger partial charge on any atom is 0.420 e. The summed E-state index contributed by atoms with van der Waals surface area (Å²) in [7, 11) is 0. The Hall–Kier alpha value is -3.88. The summed E-state index contributed by atoms with van der Waals surface area (Å²) in [4.78, 5) is 47.9. The zero-order valence-electron chi connectivity index (χ0n) is 16.0. The minimum atomic E-state index is -1.76. The molecule has 2 rings (SSSR count). The van der Waals surface area contributed by atoms with Gasteiger partial charge in [-0.2, -0.15) is 4.90 Å². The van der Waals surface area contributed by atoms with Crippen molar-refractivity contribution in [3.63, 3.8) is 0 Å². The van der Waals surface area contributed by atoms with Gasteiger partial charge in [-0.25, -0.2) is 14.4 Å². The van der Waals surface area contributed by atoms with Gasteiger partial charge in [-0.1, -0.05) is 60.7 Å². The van der Waals surface area contributed by atoms with Crippen LogP contribution in [0, 0.1) is 0 Å². The van der Waals surface area contributed by atoms with Gasteiger partial charge < -0.3 is 19.7 Å². The van der Waals surface area contributed by atoms with Crippen LogP contribution in [0.5, 0.6) is 0 Å². The lowest BCUT2D eigenvalue weighted by molar-refractivity contribution is -0.143. The van der Waals surface area contributed by atoms with Crippen LogP contribution in [-0.2, 0) is 32.3 Å². The smallest absolute Gasteiger partial charge is 0.420 e. The standard InChI is InChI=1S/C21H21NO8/c23-18(24)12-11-17(19(25)26)22(20(27)29-13-15-7-3-1-4-8-15)21(28)30-14-16-9-5-2-6-10-16/h1-10,17H,11-14H2,(H,23,24)(H,25,26)/t17-/m0/s1. The largest absolute Gasteiger partial charge is 0.481 e. The number of rotatable bonds is 9. The number of hydrogen-bond donors (Lipinski definition) is 2. The Morgan fingerprint density at radius 1 is 0.767 bits per heavy atom. The molecule has 158 valence electrons. The van der Waals surface area contributed by atoms with Gasteiger partial charge in [0.15, 0.2) is 0 Å². The van der Waals surface area contributed by atoms with Gasteiger partial charge in [0.05, 0.1) is 0 Å². The lowest BCUT2D eigenvalue weighted by atomic mass is 10.1. The van der Waals surface area contributed by atoms with Gasteiger partial charge in [0.1, 0.15) is 19.3 Å². The molecule has 0 radical (unpaired) electrons. The van der Waals surface area contributed by atoms with Crippen molar-refractivity contribution >= 4 is 24.1 Å². The number of aliphatic carboxylic acids is 2. The highest BCUT2D eigenvalue weighted by Crippen LogP contribution is 2.15. The minimum absolute atomic E-state index is 0.201. The summed E-state index contributed by atoms with van der Waals surface area (Å²) in [5.74, 6) is -2.82. The molecule has 0 saturated carbocycles. The molecule has 2 N–H and O–H groups in total. The summed E-state index contributed by atoms with van der Waals surface area (Å²) >= 11 is 0. The Morgan fingerprint density at radius 2 is 1.20 bits per heavy atom. The zero-order valence-corrected chi connectivity index (χ0v) is 16.0. The van der Waals surface area contributed by atoms with Crippen molar-refractivity contribution in [2.24, 2.45) is 0 Å². The topological polar surface area (TPSA) is 130 Å². The van der Waals surface area contributed by atoms with E-state index in [4.69, 9.17) is 14.6 Å². The van der Waals surface area contributed by atoms with Gasteiger partial charge in [-0.05, 0) is 17.5 Å². The summed E-state index contributed by atoms with van der Waals surface area (Å²) in [6.07, 6.45) is -3.54. The number of amides is 2. The first-order valence-corrected chi connectivity index (χ1v) is 9.03. The predicted molar refractivity (Wildman–Crippen MR) is 103 cm³/mol. The van der Waals surface area contributed by atoms with E-state index in [1.54, 1.807) is 60.7 Å². The maximum atomic E-state index is 12.6. The Labute approximate surface area is 172 Å². The van der Waals surface area contributed by atoms with Crippen molar-refractivity contribution in [2.75, 3.05) is 0 Å². The van der Waals surface area contributed by atoms with Crippen LogP contribution in [0.15, 0.2) is 60.7 Å². The van der Waals surface area contributed by atoms with Crippen LogP contribution in [0.4, 0.5) is 9.59 Å². The van der Waals surface area contributed by atoms with E-state index >= 15 is 0 Å². The fourth-order valence-corrected chi connectivity index (χ4v) is 2.53. The van der Waals surface area contributed by atoms with Crippen LogP contribution in [0.1, 0.15) is 24.0 Å². The Kier molecular flexibility index (Phi) is 8.37. The molecule has 9 heteroatoms. The number of carboxylic acids is 2. The zero-order chi connectivity index (χ0) is 21.9. The number of carboxylic acid groups (broad SMARTS) is 2. The van der Waals surface area contributed by atoms with Crippen LogP contribution in [0.2, 0.25) is 0 Å². The Morgan fingerprint density at radius 3 is 1.57 bits per heavy atom. The van der Waals surface area contributed by atoms with Gasteiger partial charge in [0.25, 0.3) is 0 Å². The summed E-state index contributed by atoms with van der Waals surface area (Å²) in [6, 6.07) is 15.4. The number of imide groups is 1. The number of nitrogens with zero attached hydrogens (tertiary/aromatic N) is 1. The molecule has 0 aliphatic heterocycles. The lowest BCUT2D eigenvalue weighted by Gasteiger charge is -2.25. The highest BCUT2D eigenvalue weighted by Gasteiger charge is 2.37. The van der Waals surface area contributed by atoms with Crippen molar-refractivity contribution in [2.45, 2.75) is 32.1 Å².